The van der Waals surface area contributed by atoms with Gasteiger partial charge in [-0.2, -0.15) is 0 Å². The molecule has 0 saturated heterocycles. The predicted molar refractivity (Wildman–Crippen MR) is 183 cm³/mol. The number of rotatable bonds is 30. The minimum atomic E-state index is -1.08. The Kier molecular flexibility index (Phi) is 26.0. The Labute approximate surface area is 274 Å². The number of hydrogen-bond acceptors (Lipinski definition) is 7. The standard InChI is InChI=1S/C38H64O7/c1-3-4-5-6-7-8-9-10-11-12-13-14-15-16-17-18-19-20-21-22-23-24-25-37(41)44-31-34(39)32-45-38(42)29-27-33-26-28-36(43-2)35(40)30-33/h26-30,34,39-40H,3-25,31-32H2,1-2H3/b29-27+/t34-/m1/s1. The van der Waals surface area contributed by atoms with Crippen molar-refractivity contribution in [2.24, 2.45) is 0 Å². The van der Waals surface area contributed by atoms with Gasteiger partial charge in [-0.1, -0.05) is 148 Å². The Hall–Kier alpha value is -2.54. The number of unbranched alkanes of at least 4 members (excludes halogenated alkanes) is 21. The van der Waals surface area contributed by atoms with Crippen LogP contribution in [0.3, 0.4) is 0 Å². The van der Waals surface area contributed by atoms with E-state index in [9.17, 15) is 19.8 Å². The van der Waals surface area contributed by atoms with Crippen LogP contribution >= 0.6 is 0 Å². The minimum Gasteiger partial charge on any atom is -0.504 e. The van der Waals surface area contributed by atoms with E-state index in [-0.39, 0.29) is 24.9 Å². The highest BCUT2D eigenvalue weighted by molar-refractivity contribution is 5.87. The van der Waals surface area contributed by atoms with E-state index >= 15 is 0 Å². The molecule has 1 aromatic rings. The van der Waals surface area contributed by atoms with Gasteiger partial charge in [-0.15, -0.1) is 0 Å². The van der Waals surface area contributed by atoms with Crippen LogP contribution in [0.2, 0.25) is 0 Å². The first-order chi connectivity index (χ1) is 22.0. The molecule has 7 heteroatoms. The van der Waals surface area contributed by atoms with E-state index in [1.54, 1.807) is 12.1 Å². The lowest BCUT2D eigenvalue weighted by molar-refractivity contribution is -0.150. The Morgan fingerprint density at radius 3 is 1.58 bits per heavy atom. The van der Waals surface area contributed by atoms with Crippen molar-refractivity contribution in [1.29, 1.82) is 0 Å². The molecule has 0 saturated carbocycles. The maximum Gasteiger partial charge on any atom is 0.330 e. The van der Waals surface area contributed by atoms with E-state index < -0.39 is 12.1 Å². The first kappa shape index (κ1) is 40.5. The smallest absolute Gasteiger partial charge is 0.330 e. The molecule has 1 atom stereocenters. The fraction of sp³-hybridized carbons (Fsp3) is 0.737. The molecule has 0 aliphatic heterocycles. The SMILES string of the molecule is CCCCCCCCCCCCCCCCCCCCCCCCC(=O)OC[C@@H](O)COC(=O)/C=C/c1ccc(OC)c(O)c1. The number of ether oxygens (including phenoxy) is 3. The first-order valence-corrected chi connectivity index (χ1v) is 18.0. The van der Waals surface area contributed by atoms with Crippen molar-refractivity contribution in [3.63, 3.8) is 0 Å². The molecule has 0 bridgehead atoms. The molecule has 258 valence electrons. The van der Waals surface area contributed by atoms with Crippen molar-refractivity contribution in [2.45, 2.75) is 161 Å². The second kappa shape index (κ2) is 28.9. The molecule has 0 heterocycles. The molecule has 0 aliphatic rings. The zero-order valence-electron chi connectivity index (χ0n) is 28.6. The second-order valence-corrected chi connectivity index (χ2v) is 12.4. The van der Waals surface area contributed by atoms with E-state index in [2.05, 4.69) is 6.92 Å². The van der Waals surface area contributed by atoms with E-state index in [0.29, 0.717) is 17.7 Å². The van der Waals surface area contributed by atoms with Gasteiger partial charge in [0, 0.05) is 12.5 Å². The number of carbonyl (C=O) groups excluding carboxylic acids is 2. The van der Waals surface area contributed by atoms with Crippen molar-refractivity contribution < 1.29 is 34.0 Å². The van der Waals surface area contributed by atoms with Gasteiger partial charge < -0.3 is 24.4 Å². The topological polar surface area (TPSA) is 102 Å². The van der Waals surface area contributed by atoms with Crippen LogP contribution in [0.25, 0.3) is 6.08 Å². The van der Waals surface area contributed by atoms with Gasteiger partial charge in [0.25, 0.3) is 0 Å². The summed E-state index contributed by atoms with van der Waals surface area (Å²) < 4.78 is 15.1. The average molecular weight is 633 g/mol. The number of hydrogen-bond donors (Lipinski definition) is 2. The number of methoxy groups -OCH3 is 1. The summed E-state index contributed by atoms with van der Waals surface area (Å²) in [4.78, 5) is 23.8. The van der Waals surface area contributed by atoms with Crippen LogP contribution < -0.4 is 4.74 Å². The number of esters is 2. The molecule has 0 radical (unpaired) electrons. The quantitative estimate of drug-likeness (QED) is 0.0494. The van der Waals surface area contributed by atoms with Gasteiger partial charge in [0.15, 0.2) is 11.5 Å². The highest BCUT2D eigenvalue weighted by Gasteiger charge is 2.11. The van der Waals surface area contributed by atoms with Crippen molar-refractivity contribution in [3.05, 3.63) is 29.8 Å². The predicted octanol–water partition coefficient (Wildman–Crippen LogP) is 9.85. The fourth-order valence-corrected chi connectivity index (χ4v) is 5.39. The van der Waals surface area contributed by atoms with Gasteiger partial charge >= 0.3 is 11.9 Å². The van der Waals surface area contributed by atoms with Crippen molar-refractivity contribution in [1.82, 2.24) is 0 Å². The monoisotopic (exact) mass is 632 g/mol. The summed E-state index contributed by atoms with van der Waals surface area (Å²) in [5.41, 5.74) is 0.593. The largest absolute Gasteiger partial charge is 0.504 e. The lowest BCUT2D eigenvalue weighted by Gasteiger charge is -2.11. The fourth-order valence-electron chi connectivity index (χ4n) is 5.39. The molecule has 1 rings (SSSR count). The van der Waals surface area contributed by atoms with Gasteiger partial charge in [-0.3, -0.25) is 4.79 Å². The zero-order chi connectivity index (χ0) is 32.8. The minimum absolute atomic E-state index is 0.0361. The summed E-state index contributed by atoms with van der Waals surface area (Å²) in [7, 11) is 1.45. The second-order valence-electron chi connectivity index (χ2n) is 12.4. The number of benzene rings is 1. The lowest BCUT2D eigenvalue weighted by Crippen LogP contribution is -2.24. The molecular weight excluding hydrogens is 568 g/mol. The molecule has 0 aromatic heterocycles. The summed E-state index contributed by atoms with van der Waals surface area (Å²) in [6.07, 6.45) is 31.2. The van der Waals surface area contributed by atoms with Crippen molar-refractivity contribution in [2.75, 3.05) is 20.3 Å². The number of aromatic hydroxyl groups is 1. The molecule has 0 aliphatic carbocycles. The van der Waals surface area contributed by atoms with Crippen LogP contribution in [0.5, 0.6) is 11.5 Å². The zero-order valence-corrected chi connectivity index (χ0v) is 28.6. The van der Waals surface area contributed by atoms with Gasteiger partial charge in [0.05, 0.1) is 7.11 Å². The number of aliphatic hydroxyl groups excluding tert-OH is 1. The third-order valence-corrected chi connectivity index (χ3v) is 8.20. The van der Waals surface area contributed by atoms with Gasteiger partial charge in [0.1, 0.15) is 19.3 Å². The molecule has 0 unspecified atom stereocenters. The van der Waals surface area contributed by atoms with E-state index in [0.717, 1.165) is 19.3 Å². The van der Waals surface area contributed by atoms with Crippen LogP contribution in [0.15, 0.2) is 24.3 Å². The summed E-state index contributed by atoms with van der Waals surface area (Å²) in [6.45, 7) is 1.80. The van der Waals surface area contributed by atoms with E-state index in [1.807, 2.05) is 0 Å². The van der Waals surface area contributed by atoms with Crippen molar-refractivity contribution >= 4 is 18.0 Å². The summed E-state index contributed by atoms with van der Waals surface area (Å²) in [5.74, 6) is -0.687. The third-order valence-electron chi connectivity index (χ3n) is 8.20. The highest BCUT2D eigenvalue weighted by atomic mass is 16.6. The summed E-state index contributed by atoms with van der Waals surface area (Å²) in [5, 5.41) is 19.7. The molecule has 0 fully saturated rings. The third kappa shape index (κ3) is 24.4. The summed E-state index contributed by atoms with van der Waals surface area (Å²) >= 11 is 0. The van der Waals surface area contributed by atoms with E-state index in [1.165, 1.54) is 147 Å². The molecule has 1 aromatic carbocycles. The molecule has 0 amide bonds. The molecule has 45 heavy (non-hydrogen) atoms. The molecule has 2 N–H and O–H groups in total. The Bertz CT molecular complexity index is 898. The molecular formula is C38H64O7. The number of carbonyl (C=O) groups is 2. The number of phenolic OH excluding ortho intramolecular Hbond substituents is 1. The average Bonchev–Trinajstić information content (AvgIpc) is 3.04. The van der Waals surface area contributed by atoms with Crippen LogP contribution in [0.1, 0.15) is 160 Å². The summed E-state index contributed by atoms with van der Waals surface area (Å²) in [6, 6.07) is 4.72. The normalized spacial score (nSPS) is 12.0. The Morgan fingerprint density at radius 1 is 0.689 bits per heavy atom. The molecule has 0 spiro atoms. The van der Waals surface area contributed by atoms with Gasteiger partial charge in [-0.25, -0.2) is 4.79 Å². The maximum atomic E-state index is 11.9. The van der Waals surface area contributed by atoms with E-state index in [4.69, 9.17) is 14.2 Å². The first-order valence-electron chi connectivity index (χ1n) is 18.0. The maximum absolute atomic E-state index is 11.9. The molecule has 7 nitrogen and oxygen atoms in total. The lowest BCUT2D eigenvalue weighted by atomic mass is 10.0. The Morgan fingerprint density at radius 2 is 1.13 bits per heavy atom. The highest BCUT2D eigenvalue weighted by Crippen LogP contribution is 2.26. The van der Waals surface area contributed by atoms with Gasteiger partial charge in [-0.05, 0) is 30.2 Å². The van der Waals surface area contributed by atoms with Crippen LogP contribution in [0, 0.1) is 0 Å². The number of aliphatic hydroxyl groups is 1. The van der Waals surface area contributed by atoms with Crippen LogP contribution in [-0.4, -0.2) is 48.6 Å². The van der Waals surface area contributed by atoms with Crippen LogP contribution in [-0.2, 0) is 19.1 Å². The van der Waals surface area contributed by atoms with Gasteiger partial charge in [0.2, 0.25) is 0 Å². The Balaban J connectivity index is 1.85. The van der Waals surface area contributed by atoms with Crippen molar-refractivity contribution in [3.8, 4) is 11.5 Å². The number of phenols is 1. The van der Waals surface area contributed by atoms with Crippen LogP contribution in [0.4, 0.5) is 0 Å².